The van der Waals surface area contributed by atoms with Gasteiger partial charge in [0.1, 0.15) is 0 Å². The van der Waals surface area contributed by atoms with E-state index in [1.807, 2.05) is 0 Å². The number of unbranched alkanes of at least 4 members (excludes halogenated alkanes) is 2. The zero-order valence-corrected chi connectivity index (χ0v) is 15.5. The summed E-state index contributed by atoms with van der Waals surface area (Å²) in [5.41, 5.74) is 0.821. The Kier molecular flexibility index (Phi) is 7.36. The van der Waals surface area contributed by atoms with Crippen LogP contribution < -0.4 is 10.0 Å². The molecule has 7 nitrogen and oxygen atoms in total. The second kappa shape index (κ2) is 9.72. The summed E-state index contributed by atoms with van der Waals surface area (Å²) in [5.74, 6) is -1.12. The third kappa shape index (κ3) is 6.74. The van der Waals surface area contributed by atoms with Gasteiger partial charge in [-0.25, -0.2) is 8.42 Å². The lowest BCUT2D eigenvalue weighted by molar-refractivity contribution is -0.137. The van der Waals surface area contributed by atoms with Gasteiger partial charge in [0.2, 0.25) is 0 Å². The maximum absolute atomic E-state index is 12.3. The fourth-order valence-corrected chi connectivity index (χ4v) is 3.45. The third-order valence-electron chi connectivity index (χ3n) is 3.81. The number of aliphatic carboxylic acids is 1. The van der Waals surface area contributed by atoms with Crippen LogP contribution >= 0.6 is 0 Å². The van der Waals surface area contributed by atoms with Gasteiger partial charge in [0.15, 0.2) is 0 Å². The number of para-hydroxylation sites is 1. The smallest absolute Gasteiger partial charge is 0.303 e. The van der Waals surface area contributed by atoms with Crippen LogP contribution in [-0.2, 0) is 14.8 Å². The number of rotatable bonds is 10. The Hall–Kier alpha value is -2.87. The van der Waals surface area contributed by atoms with Gasteiger partial charge in [-0.2, -0.15) is 0 Å². The molecule has 0 atom stereocenters. The van der Waals surface area contributed by atoms with Crippen molar-refractivity contribution in [2.45, 2.75) is 30.6 Å². The number of amides is 1. The first-order chi connectivity index (χ1) is 12.9. The van der Waals surface area contributed by atoms with Crippen LogP contribution in [0.15, 0.2) is 59.5 Å². The number of benzene rings is 2. The van der Waals surface area contributed by atoms with Crippen molar-refractivity contribution in [2.24, 2.45) is 0 Å². The minimum Gasteiger partial charge on any atom is -0.481 e. The molecule has 2 rings (SSSR count). The van der Waals surface area contributed by atoms with Gasteiger partial charge in [0, 0.05) is 24.2 Å². The van der Waals surface area contributed by atoms with Crippen molar-refractivity contribution in [1.82, 2.24) is 5.32 Å². The van der Waals surface area contributed by atoms with E-state index >= 15 is 0 Å². The molecule has 8 heteroatoms. The molecule has 0 heterocycles. The monoisotopic (exact) mass is 390 g/mol. The predicted octanol–water partition coefficient (Wildman–Crippen LogP) is 2.86. The minimum absolute atomic E-state index is 0.0663. The molecule has 0 saturated heterocycles. The fraction of sp³-hybridized carbons (Fsp3) is 0.263. The van der Waals surface area contributed by atoms with Crippen LogP contribution in [0.3, 0.4) is 0 Å². The number of nitrogens with one attached hydrogen (secondary N) is 2. The Morgan fingerprint density at radius 3 is 2.19 bits per heavy atom. The lowest BCUT2D eigenvalue weighted by Crippen LogP contribution is -2.24. The van der Waals surface area contributed by atoms with E-state index < -0.39 is 16.0 Å². The van der Waals surface area contributed by atoms with Crippen LogP contribution in [0, 0.1) is 0 Å². The number of anilines is 1. The lowest BCUT2D eigenvalue weighted by Gasteiger charge is -2.09. The maximum Gasteiger partial charge on any atom is 0.303 e. The Balaban J connectivity index is 1.86. The van der Waals surface area contributed by atoms with Crippen molar-refractivity contribution in [3.8, 4) is 0 Å². The van der Waals surface area contributed by atoms with E-state index in [2.05, 4.69) is 10.0 Å². The molecular weight excluding hydrogens is 368 g/mol. The van der Waals surface area contributed by atoms with E-state index in [-0.39, 0.29) is 17.2 Å². The number of carbonyl (C=O) groups excluding carboxylic acids is 1. The first-order valence-electron chi connectivity index (χ1n) is 8.56. The number of carboxylic acids is 1. The lowest BCUT2D eigenvalue weighted by atomic mass is 10.2. The van der Waals surface area contributed by atoms with E-state index in [0.29, 0.717) is 30.6 Å². The highest BCUT2D eigenvalue weighted by Crippen LogP contribution is 2.16. The van der Waals surface area contributed by atoms with E-state index in [1.165, 1.54) is 24.3 Å². The van der Waals surface area contributed by atoms with Crippen LogP contribution in [0.2, 0.25) is 0 Å². The summed E-state index contributed by atoms with van der Waals surface area (Å²) in [4.78, 5) is 22.5. The average molecular weight is 390 g/mol. The largest absolute Gasteiger partial charge is 0.481 e. The van der Waals surface area contributed by atoms with Gasteiger partial charge < -0.3 is 10.4 Å². The van der Waals surface area contributed by atoms with E-state index in [0.717, 1.165) is 6.42 Å². The quantitative estimate of drug-likeness (QED) is 0.540. The van der Waals surface area contributed by atoms with Crippen molar-refractivity contribution in [1.29, 1.82) is 0 Å². The van der Waals surface area contributed by atoms with Crippen molar-refractivity contribution in [3.05, 3.63) is 60.2 Å². The SMILES string of the molecule is O=C(O)CCCCCNC(=O)c1ccc(S(=O)(=O)Nc2ccccc2)cc1. The van der Waals surface area contributed by atoms with Crippen LogP contribution in [0.5, 0.6) is 0 Å². The van der Waals surface area contributed by atoms with Gasteiger partial charge in [-0.1, -0.05) is 24.6 Å². The summed E-state index contributed by atoms with van der Waals surface area (Å²) in [6.07, 6.45) is 2.11. The molecule has 2 aromatic rings. The molecule has 0 aromatic heterocycles. The average Bonchev–Trinajstić information content (AvgIpc) is 2.64. The van der Waals surface area contributed by atoms with Crippen molar-refractivity contribution < 1.29 is 23.1 Å². The van der Waals surface area contributed by atoms with Crippen LogP contribution in [0.25, 0.3) is 0 Å². The molecule has 0 unspecified atom stereocenters. The van der Waals surface area contributed by atoms with Gasteiger partial charge >= 0.3 is 5.97 Å². The van der Waals surface area contributed by atoms with Gasteiger partial charge in [0.05, 0.1) is 4.90 Å². The molecule has 2 aromatic carbocycles. The predicted molar refractivity (Wildman–Crippen MR) is 102 cm³/mol. The first-order valence-corrected chi connectivity index (χ1v) is 10.0. The molecule has 0 radical (unpaired) electrons. The Morgan fingerprint density at radius 2 is 1.56 bits per heavy atom. The molecule has 0 saturated carbocycles. The summed E-state index contributed by atoms with van der Waals surface area (Å²) >= 11 is 0. The zero-order valence-electron chi connectivity index (χ0n) is 14.7. The molecular formula is C19H22N2O5S. The Bertz CT molecular complexity index is 865. The molecule has 0 aliphatic heterocycles. The number of sulfonamides is 1. The van der Waals surface area contributed by atoms with Crippen molar-refractivity contribution >= 4 is 27.6 Å². The van der Waals surface area contributed by atoms with E-state index in [1.54, 1.807) is 30.3 Å². The molecule has 27 heavy (non-hydrogen) atoms. The molecule has 144 valence electrons. The van der Waals surface area contributed by atoms with E-state index in [9.17, 15) is 18.0 Å². The van der Waals surface area contributed by atoms with Crippen molar-refractivity contribution in [3.63, 3.8) is 0 Å². The van der Waals surface area contributed by atoms with E-state index in [4.69, 9.17) is 5.11 Å². The first kappa shape index (κ1) is 20.4. The maximum atomic E-state index is 12.3. The summed E-state index contributed by atoms with van der Waals surface area (Å²) in [5, 5.41) is 11.3. The molecule has 0 fully saturated rings. The highest BCUT2D eigenvalue weighted by molar-refractivity contribution is 7.92. The Morgan fingerprint density at radius 1 is 0.889 bits per heavy atom. The molecule has 3 N–H and O–H groups in total. The van der Waals surface area contributed by atoms with Gasteiger partial charge in [0.25, 0.3) is 15.9 Å². The molecule has 1 amide bonds. The molecule has 0 aliphatic carbocycles. The van der Waals surface area contributed by atoms with Crippen LogP contribution in [0.4, 0.5) is 5.69 Å². The fourth-order valence-electron chi connectivity index (χ4n) is 2.39. The summed E-state index contributed by atoms with van der Waals surface area (Å²) in [6.45, 7) is 0.439. The molecule has 0 bridgehead atoms. The normalized spacial score (nSPS) is 11.0. The standard InChI is InChI=1S/C19H22N2O5S/c22-18(23)9-5-2-6-14-20-19(24)15-10-12-17(13-11-15)27(25,26)21-16-7-3-1-4-8-16/h1,3-4,7-8,10-13,21H,2,5-6,9,14H2,(H,20,24)(H,22,23). The highest BCUT2D eigenvalue weighted by atomic mass is 32.2. The van der Waals surface area contributed by atoms with Crippen LogP contribution in [-0.4, -0.2) is 31.9 Å². The summed E-state index contributed by atoms with van der Waals surface area (Å²) in [7, 11) is -3.72. The summed E-state index contributed by atoms with van der Waals surface area (Å²) in [6, 6.07) is 14.2. The number of carbonyl (C=O) groups is 2. The summed E-state index contributed by atoms with van der Waals surface area (Å²) < 4.78 is 27.2. The number of hydrogen-bond donors (Lipinski definition) is 3. The Labute approximate surface area is 158 Å². The molecule has 0 spiro atoms. The van der Waals surface area contributed by atoms with Gasteiger partial charge in [-0.05, 0) is 49.2 Å². The van der Waals surface area contributed by atoms with Gasteiger partial charge in [-0.15, -0.1) is 0 Å². The molecule has 0 aliphatic rings. The van der Waals surface area contributed by atoms with Gasteiger partial charge in [-0.3, -0.25) is 14.3 Å². The van der Waals surface area contributed by atoms with Crippen LogP contribution in [0.1, 0.15) is 36.0 Å². The zero-order chi connectivity index (χ0) is 19.7. The van der Waals surface area contributed by atoms with Crippen molar-refractivity contribution in [2.75, 3.05) is 11.3 Å². The second-order valence-electron chi connectivity index (χ2n) is 5.96. The second-order valence-corrected chi connectivity index (χ2v) is 7.64. The number of hydrogen-bond acceptors (Lipinski definition) is 4. The highest BCUT2D eigenvalue weighted by Gasteiger charge is 2.15. The third-order valence-corrected chi connectivity index (χ3v) is 5.20. The number of carboxylic acid groups (broad SMARTS) is 1. The minimum atomic E-state index is -3.72. The topological polar surface area (TPSA) is 113 Å².